The van der Waals surface area contributed by atoms with E-state index in [2.05, 4.69) is 40.3 Å². The first-order chi connectivity index (χ1) is 15.0. The maximum absolute atomic E-state index is 12.2. The minimum absolute atomic E-state index is 0.0672. The Labute approximate surface area is 183 Å². The summed E-state index contributed by atoms with van der Waals surface area (Å²) in [4.78, 5) is 18.6. The lowest BCUT2D eigenvalue weighted by atomic mass is 9.91. The number of rotatable bonds is 3. The van der Waals surface area contributed by atoms with Crippen LogP contribution in [0, 0.1) is 17.2 Å². The van der Waals surface area contributed by atoms with E-state index in [0.29, 0.717) is 12.0 Å². The molecule has 0 saturated carbocycles. The van der Waals surface area contributed by atoms with Crippen LogP contribution in [-0.4, -0.2) is 25.7 Å². The lowest BCUT2D eigenvalue weighted by Crippen LogP contribution is -2.26. The Kier molecular flexibility index (Phi) is 5.77. The molecule has 6 nitrogen and oxygen atoms in total. The van der Waals surface area contributed by atoms with Gasteiger partial charge in [-0.1, -0.05) is 13.0 Å². The minimum atomic E-state index is 0.0672. The SMILES string of the molecule is CN=CC(=CN)c1cc2c(cc1C#N)N(c1cccc3c1C[C@H](C)CC(=O)N3)CCC2. The highest BCUT2D eigenvalue weighted by atomic mass is 16.1. The van der Waals surface area contributed by atoms with E-state index in [1.54, 1.807) is 13.3 Å². The number of nitrogens with zero attached hydrogens (tertiary/aromatic N) is 3. The lowest BCUT2D eigenvalue weighted by molar-refractivity contribution is -0.116. The van der Waals surface area contributed by atoms with Crippen molar-refractivity contribution in [3.05, 3.63) is 58.8 Å². The summed E-state index contributed by atoms with van der Waals surface area (Å²) in [5.74, 6) is 0.340. The Hall–Kier alpha value is -3.59. The van der Waals surface area contributed by atoms with Crippen LogP contribution in [0.25, 0.3) is 5.57 Å². The average Bonchev–Trinajstić information content (AvgIpc) is 2.92. The maximum Gasteiger partial charge on any atom is 0.224 e. The highest BCUT2D eigenvalue weighted by molar-refractivity contribution is 6.10. The average molecular weight is 414 g/mol. The van der Waals surface area contributed by atoms with Gasteiger partial charge in [0.2, 0.25) is 5.91 Å². The number of nitrogens with one attached hydrogen (secondary N) is 1. The quantitative estimate of drug-likeness (QED) is 0.739. The summed E-state index contributed by atoms with van der Waals surface area (Å²) in [6, 6.07) is 12.5. The van der Waals surface area contributed by atoms with Crippen molar-refractivity contribution >= 4 is 34.8 Å². The standard InChI is InChI=1S/C25H27N5O/c1-16-9-21-22(29-25(31)10-16)6-3-7-23(21)30-8-4-5-17-11-20(19(14-27)15-28-2)18(13-26)12-24(17)30/h3,6-7,11-12,14-16H,4-5,8-10,27H2,1-2H3,(H,29,31)/t16-/m0/s1. The highest BCUT2D eigenvalue weighted by Gasteiger charge is 2.27. The second-order valence-corrected chi connectivity index (χ2v) is 8.27. The molecule has 0 radical (unpaired) electrons. The Morgan fingerprint density at radius 1 is 1.32 bits per heavy atom. The molecule has 0 aromatic heterocycles. The van der Waals surface area contributed by atoms with Crippen LogP contribution in [0.1, 0.15) is 42.0 Å². The Morgan fingerprint density at radius 2 is 2.16 bits per heavy atom. The molecule has 0 unspecified atom stereocenters. The van der Waals surface area contributed by atoms with Gasteiger partial charge in [0, 0.05) is 60.6 Å². The molecule has 3 N–H and O–H groups in total. The molecule has 158 valence electrons. The number of hydrogen-bond acceptors (Lipinski definition) is 5. The van der Waals surface area contributed by atoms with Crippen LogP contribution >= 0.6 is 0 Å². The van der Waals surface area contributed by atoms with Crippen LogP contribution < -0.4 is 16.0 Å². The van der Waals surface area contributed by atoms with Gasteiger partial charge in [0.1, 0.15) is 0 Å². The second-order valence-electron chi connectivity index (χ2n) is 8.27. The lowest BCUT2D eigenvalue weighted by Gasteiger charge is -2.34. The van der Waals surface area contributed by atoms with Gasteiger partial charge in [-0.3, -0.25) is 9.79 Å². The molecule has 6 heteroatoms. The second kappa shape index (κ2) is 8.65. The number of allylic oxidation sites excluding steroid dienone is 1. The molecule has 1 atom stereocenters. The molecule has 2 aromatic rings. The zero-order chi connectivity index (χ0) is 22.0. The van der Waals surface area contributed by atoms with Crippen LogP contribution in [0.4, 0.5) is 17.1 Å². The van der Waals surface area contributed by atoms with Gasteiger partial charge < -0.3 is 16.0 Å². The van der Waals surface area contributed by atoms with Crippen molar-refractivity contribution in [3.8, 4) is 6.07 Å². The normalized spacial score (nSPS) is 18.7. The van der Waals surface area contributed by atoms with Gasteiger partial charge in [-0.2, -0.15) is 5.26 Å². The number of fused-ring (bicyclic) bond motifs is 2. The van der Waals surface area contributed by atoms with Crippen LogP contribution in [-0.2, 0) is 17.6 Å². The number of nitrogens with two attached hydrogens (primary N) is 1. The molecule has 0 aliphatic carbocycles. The van der Waals surface area contributed by atoms with E-state index in [4.69, 9.17) is 5.73 Å². The topological polar surface area (TPSA) is 94.5 Å². The smallest absolute Gasteiger partial charge is 0.224 e. The fourth-order valence-corrected chi connectivity index (χ4v) is 4.65. The molecule has 0 saturated heterocycles. The van der Waals surface area contributed by atoms with Crippen molar-refractivity contribution in [1.29, 1.82) is 5.26 Å². The fourth-order valence-electron chi connectivity index (χ4n) is 4.65. The van der Waals surface area contributed by atoms with Gasteiger partial charge in [0.25, 0.3) is 0 Å². The number of carbonyl (C=O) groups excluding carboxylic acids is 1. The molecule has 0 fully saturated rings. The third kappa shape index (κ3) is 3.91. The van der Waals surface area contributed by atoms with Gasteiger partial charge in [0.15, 0.2) is 0 Å². The highest BCUT2D eigenvalue weighted by Crippen LogP contribution is 2.41. The Morgan fingerprint density at radius 3 is 2.90 bits per heavy atom. The predicted octanol–water partition coefficient (Wildman–Crippen LogP) is 4.16. The summed E-state index contributed by atoms with van der Waals surface area (Å²) < 4.78 is 0. The van der Waals surface area contributed by atoms with Crippen LogP contribution in [0.15, 0.2) is 41.5 Å². The molecule has 2 aliphatic rings. The van der Waals surface area contributed by atoms with E-state index in [1.165, 1.54) is 11.8 Å². The Balaban J connectivity index is 1.85. The molecule has 2 aliphatic heterocycles. The van der Waals surface area contributed by atoms with Crippen molar-refractivity contribution in [2.24, 2.45) is 16.6 Å². The number of nitriles is 1. The number of aliphatic imine (C=N–C) groups is 1. The molecular weight excluding hydrogens is 386 g/mol. The number of carbonyl (C=O) groups is 1. The molecule has 31 heavy (non-hydrogen) atoms. The van der Waals surface area contributed by atoms with Crippen LogP contribution in [0.5, 0.6) is 0 Å². The van der Waals surface area contributed by atoms with Crippen LogP contribution in [0.2, 0.25) is 0 Å². The van der Waals surface area contributed by atoms with E-state index < -0.39 is 0 Å². The maximum atomic E-state index is 12.2. The van der Waals surface area contributed by atoms with Gasteiger partial charge in [-0.05, 0) is 60.6 Å². The van der Waals surface area contributed by atoms with Crippen molar-refractivity contribution < 1.29 is 4.79 Å². The third-order valence-electron chi connectivity index (χ3n) is 6.02. The zero-order valence-corrected chi connectivity index (χ0v) is 18.0. The molecule has 2 heterocycles. The summed E-state index contributed by atoms with van der Waals surface area (Å²) in [6.07, 6.45) is 6.50. The van der Waals surface area contributed by atoms with E-state index in [0.717, 1.165) is 59.6 Å². The number of benzene rings is 2. The summed E-state index contributed by atoms with van der Waals surface area (Å²) in [7, 11) is 1.69. The number of hydrogen-bond donors (Lipinski definition) is 2. The molecule has 4 rings (SSSR count). The fraction of sp³-hybridized carbons (Fsp3) is 0.320. The largest absolute Gasteiger partial charge is 0.404 e. The summed E-state index contributed by atoms with van der Waals surface area (Å²) in [5.41, 5.74) is 13.3. The first kappa shape index (κ1) is 20.7. The number of aryl methyl sites for hydroxylation is 1. The molecule has 0 spiro atoms. The van der Waals surface area contributed by atoms with Gasteiger partial charge in [-0.25, -0.2) is 0 Å². The predicted molar refractivity (Wildman–Crippen MR) is 126 cm³/mol. The van der Waals surface area contributed by atoms with Crippen LogP contribution in [0.3, 0.4) is 0 Å². The molecule has 2 aromatic carbocycles. The molecule has 0 bridgehead atoms. The zero-order valence-electron chi connectivity index (χ0n) is 18.0. The van der Waals surface area contributed by atoms with E-state index in [-0.39, 0.29) is 11.8 Å². The summed E-state index contributed by atoms with van der Waals surface area (Å²) in [6.45, 7) is 2.98. The Bertz CT molecular complexity index is 1130. The van der Waals surface area contributed by atoms with Crippen molar-refractivity contribution in [3.63, 3.8) is 0 Å². The van der Waals surface area contributed by atoms with Crippen molar-refractivity contribution in [2.75, 3.05) is 23.8 Å². The number of amides is 1. The molecule has 1 amide bonds. The third-order valence-corrected chi connectivity index (χ3v) is 6.02. The number of anilines is 3. The minimum Gasteiger partial charge on any atom is -0.404 e. The van der Waals surface area contributed by atoms with Crippen molar-refractivity contribution in [2.45, 2.75) is 32.6 Å². The summed E-state index contributed by atoms with van der Waals surface area (Å²) in [5, 5.41) is 12.9. The van der Waals surface area contributed by atoms with Gasteiger partial charge in [-0.15, -0.1) is 0 Å². The van der Waals surface area contributed by atoms with E-state index in [1.807, 2.05) is 18.2 Å². The van der Waals surface area contributed by atoms with Gasteiger partial charge >= 0.3 is 0 Å². The summed E-state index contributed by atoms with van der Waals surface area (Å²) >= 11 is 0. The monoisotopic (exact) mass is 413 g/mol. The first-order valence-corrected chi connectivity index (χ1v) is 10.7. The van der Waals surface area contributed by atoms with Gasteiger partial charge in [0.05, 0.1) is 11.6 Å². The van der Waals surface area contributed by atoms with E-state index >= 15 is 0 Å². The molecular formula is C25H27N5O. The first-order valence-electron chi connectivity index (χ1n) is 10.7. The van der Waals surface area contributed by atoms with E-state index in [9.17, 15) is 10.1 Å². The van der Waals surface area contributed by atoms with Crippen molar-refractivity contribution in [1.82, 2.24) is 0 Å².